The van der Waals surface area contributed by atoms with Gasteiger partial charge in [0.1, 0.15) is 5.75 Å². The largest absolute Gasteiger partial charge is 0.506 e. The first kappa shape index (κ1) is 23.7. The second kappa shape index (κ2) is 9.26. The molecule has 0 fully saturated rings. The standard InChI is InChI=1S/C24H23BrN2O4S/c1-13(26-27-22(29)15-7-10-17(23(30)31)19(25)11-15)18-12-32-21(20(18)28)14-5-8-16(9-6-14)24(2,3)4/h5-12,28H,1-4H3,(H,27,29)(H,30,31)/b26-13+. The number of aromatic hydroxyl groups is 1. The van der Waals surface area contributed by atoms with Crippen molar-refractivity contribution >= 4 is 44.9 Å². The van der Waals surface area contributed by atoms with Crippen molar-refractivity contribution in [2.24, 2.45) is 5.10 Å². The number of nitrogens with zero attached hydrogens (tertiary/aromatic N) is 1. The summed E-state index contributed by atoms with van der Waals surface area (Å²) in [5, 5.41) is 25.7. The Bertz CT molecular complexity index is 1210. The number of halogens is 1. The van der Waals surface area contributed by atoms with Crippen LogP contribution in [-0.2, 0) is 5.41 Å². The van der Waals surface area contributed by atoms with Crippen molar-refractivity contribution in [3.63, 3.8) is 0 Å². The molecule has 8 heteroatoms. The molecule has 0 saturated heterocycles. The third kappa shape index (κ3) is 5.08. The first-order chi connectivity index (χ1) is 15.0. The Labute approximate surface area is 198 Å². The number of carbonyl (C=O) groups is 2. The Morgan fingerprint density at radius 3 is 2.28 bits per heavy atom. The van der Waals surface area contributed by atoms with Crippen LogP contribution in [0.5, 0.6) is 5.75 Å². The van der Waals surface area contributed by atoms with Gasteiger partial charge < -0.3 is 10.2 Å². The summed E-state index contributed by atoms with van der Waals surface area (Å²) in [5.74, 6) is -1.47. The van der Waals surface area contributed by atoms with Crippen LogP contribution in [0.25, 0.3) is 10.4 Å². The minimum atomic E-state index is -1.09. The predicted octanol–water partition coefficient (Wildman–Crippen LogP) is 6.03. The first-order valence-electron chi connectivity index (χ1n) is 9.78. The molecule has 3 aromatic rings. The molecule has 0 aliphatic heterocycles. The van der Waals surface area contributed by atoms with Crippen molar-refractivity contribution in [2.45, 2.75) is 33.1 Å². The van der Waals surface area contributed by atoms with Crippen LogP contribution in [-0.4, -0.2) is 27.8 Å². The lowest BCUT2D eigenvalue weighted by Crippen LogP contribution is -2.19. The zero-order valence-corrected chi connectivity index (χ0v) is 20.5. The summed E-state index contributed by atoms with van der Waals surface area (Å²) in [7, 11) is 0. The quantitative estimate of drug-likeness (QED) is 0.285. The molecule has 3 rings (SSSR count). The fourth-order valence-electron chi connectivity index (χ4n) is 3.02. The smallest absolute Gasteiger partial charge is 0.336 e. The molecule has 2 aromatic carbocycles. The van der Waals surface area contributed by atoms with E-state index in [-0.39, 0.29) is 22.3 Å². The molecule has 6 nitrogen and oxygen atoms in total. The normalized spacial score (nSPS) is 12.0. The van der Waals surface area contributed by atoms with Crippen LogP contribution >= 0.6 is 27.3 Å². The van der Waals surface area contributed by atoms with E-state index in [1.807, 2.05) is 12.1 Å². The minimum absolute atomic E-state index is 0.0478. The summed E-state index contributed by atoms with van der Waals surface area (Å²) in [6.07, 6.45) is 0. The van der Waals surface area contributed by atoms with Gasteiger partial charge in [0, 0.05) is 15.4 Å². The number of amides is 1. The van der Waals surface area contributed by atoms with E-state index in [4.69, 9.17) is 5.11 Å². The van der Waals surface area contributed by atoms with Gasteiger partial charge in [0.05, 0.1) is 21.7 Å². The van der Waals surface area contributed by atoms with Gasteiger partial charge in [-0.15, -0.1) is 11.3 Å². The number of carboxylic acids is 1. The number of carboxylic acid groups (broad SMARTS) is 1. The van der Waals surface area contributed by atoms with E-state index in [9.17, 15) is 14.7 Å². The Balaban J connectivity index is 1.78. The summed E-state index contributed by atoms with van der Waals surface area (Å²) in [6.45, 7) is 8.14. The van der Waals surface area contributed by atoms with Crippen molar-refractivity contribution in [1.29, 1.82) is 0 Å². The number of benzene rings is 2. The van der Waals surface area contributed by atoms with Gasteiger partial charge >= 0.3 is 5.97 Å². The summed E-state index contributed by atoms with van der Waals surface area (Å²) in [6, 6.07) is 12.3. The molecule has 0 unspecified atom stereocenters. The molecular formula is C24H23BrN2O4S. The number of rotatable bonds is 5. The van der Waals surface area contributed by atoms with Crippen LogP contribution in [0, 0.1) is 0 Å². The highest BCUT2D eigenvalue weighted by atomic mass is 79.9. The number of hydrogen-bond acceptors (Lipinski definition) is 5. The van der Waals surface area contributed by atoms with Crippen molar-refractivity contribution < 1.29 is 19.8 Å². The molecule has 0 aliphatic rings. The van der Waals surface area contributed by atoms with Crippen molar-refractivity contribution in [3.05, 3.63) is 74.6 Å². The summed E-state index contributed by atoms with van der Waals surface area (Å²) < 4.78 is 0.302. The number of carbonyl (C=O) groups excluding carboxylic acids is 1. The summed E-state index contributed by atoms with van der Waals surface area (Å²) in [4.78, 5) is 24.2. The summed E-state index contributed by atoms with van der Waals surface area (Å²) in [5.41, 5.74) is 5.92. The Morgan fingerprint density at radius 2 is 1.72 bits per heavy atom. The monoisotopic (exact) mass is 514 g/mol. The number of aromatic carboxylic acids is 1. The lowest BCUT2D eigenvalue weighted by atomic mass is 9.86. The molecule has 3 N–H and O–H groups in total. The average Bonchev–Trinajstić information content (AvgIpc) is 3.12. The van der Waals surface area contributed by atoms with E-state index < -0.39 is 11.9 Å². The van der Waals surface area contributed by atoms with E-state index in [0.717, 1.165) is 10.4 Å². The van der Waals surface area contributed by atoms with Crippen molar-refractivity contribution in [3.8, 4) is 16.2 Å². The molecule has 1 heterocycles. The van der Waals surface area contributed by atoms with Crippen LogP contribution in [0.4, 0.5) is 0 Å². The van der Waals surface area contributed by atoms with Gasteiger partial charge in [-0.05, 0) is 57.6 Å². The van der Waals surface area contributed by atoms with Crippen LogP contribution < -0.4 is 5.43 Å². The molecule has 1 aromatic heterocycles. The summed E-state index contributed by atoms with van der Waals surface area (Å²) >= 11 is 4.56. The fourth-order valence-corrected chi connectivity index (χ4v) is 4.58. The lowest BCUT2D eigenvalue weighted by Gasteiger charge is -2.19. The van der Waals surface area contributed by atoms with Gasteiger partial charge in [0.2, 0.25) is 0 Å². The second-order valence-corrected chi connectivity index (χ2v) is 10.0. The van der Waals surface area contributed by atoms with Gasteiger partial charge in [0.15, 0.2) is 0 Å². The van der Waals surface area contributed by atoms with Gasteiger partial charge in [-0.2, -0.15) is 5.10 Å². The zero-order valence-electron chi connectivity index (χ0n) is 18.1. The first-order valence-corrected chi connectivity index (χ1v) is 11.5. The van der Waals surface area contributed by atoms with E-state index >= 15 is 0 Å². The molecule has 32 heavy (non-hydrogen) atoms. The third-order valence-corrected chi connectivity index (χ3v) is 6.63. The van der Waals surface area contributed by atoms with Gasteiger partial charge in [-0.25, -0.2) is 10.2 Å². The number of hydrogen-bond donors (Lipinski definition) is 3. The fraction of sp³-hybridized carbons (Fsp3) is 0.208. The highest BCUT2D eigenvalue weighted by molar-refractivity contribution is 9.10. The van der Waals surface area contributed by atoms with Crippen molar-refractivity contribution in [1.82, 2.24) is 5.43 Å². The van der Waals surface area contributed by atoms with E-state index in [2.05, 4.69) is 59.4 Å². The third-order valence-electron chi connectivity index (χ3n) is 4.95. The lowest BCUT2D eigenvalue weighted by molar-refractivity contribution is 0.0695. The maximum Gasteiger partial charge on any atom is 0.336 e. The highest BCUT2D eigenvalue weighted by Crippen LogP contribution is 2.39. The Morgan fingerprint density at radius 1 is 1.06 bits per heavy atom. The zero-order chi connectivity index (χ0) is 23.6. The average molecular weight is 515 g/mol. The van der Waals surface area contributed by atoms with Crippen LogP contribution in [0.3, 0.4) is 0 Å². The number of thiophene rings is 1. The molecule has 0 atom stereocenters. The SMILES string of the molecule is C/C(=N\NC(=O)c1ccc(C(=O)O)c(Br)c1)c1csc(-c2ccc(C(C)(C)C)cc2)c1O. The molecule has 0 spiro atoms. The number of nitrogens with one attached hydrogen (secondary N) is 1. The molecule has 1 amide bonds. The second-order valence-electron chi connectivity index (χ2n) is 8.29. The minimum Gasteiger partial charge on any atom is -0.506 e. The maximum absolute atomic E-state index is 12.4. The van der Waals surface area contributed by atoms with Crippen LogP contribution in [0.15, 0.2) is 57.4 Å². The van der Waals surface area contributed by atoms with Crippen LogP contribution in [0.1, 0.15) is 59.5 Å². The van der Waals surface area contributed by atoms with Gasteiger partial charge in [-0.1, -0.05) is 45.0 Å². The highest BCUT2D eigenvalue weighted by Gasteiger charge is 2.18. The number of hydrazone groups is 1. The molecule has 0 radical (unpaired) electrons. The Hall–Kier alpha value is -2.97. The predicted molar refractivity (Wildman–Crippen MR) is 131 cm³/mol. The van der Waals surface area contributed by atoms with Crippen molar-refractivity contribution in [2.75, 3.05) is 0 Å². The topological polar surface area (TPSA) is 99.0 Å². The maximum atomic E-state index is 12.4. The molecule has 0 bridgehead atoms. The van der Waals surface area contributed by atoms with E-state index in [1.165, 1.54) is 35.1 Å². The molecule has 166 valence electrons. The molecule has 0 aliphatic carbocycles. The van der Waals surface area contributed by atoms with E-state index in [1.54, 1.807) is 12.3 Å². The van der Waals surface area contributed by atoms with E-state index in [0.29, 0.717) is 15.7 Å². The molecular weight excluding hydrogens is 492 g/mol. The van der Waals surface area contributed by atoms with Gasteiger partial charge in [0.25, 0.3) is 5.91 Å². The molecule has 0 saturated carbocycles. The van der Waals surface area contributed by atoms with Gasteiger partial charge in [-0.3, -0.25) is 4.79 Å². The Kier molecular flexibility index (Phi) is 6.85. The van der Waals surface area contributed by atoms with Crippen LogP contribution in [0.2, 0.25) is 0 Å².